The molecule has 0 bridgehead atoms. The van der Waals surface area contributed by atoms with Crippen LogP contribution < -0.4 is 5.32 Å². The van der Waals surface area contributed by atoms with Crippen molar-refractivity contribution in [2.45, 2.75) is 19.0 Å². The van der Waals surface area contributed by atoms with Crippen LogP contribution in [0, 0.1) is 11.3 Å². The van der Waals surface area contributed by atoms with Gasteiger partial charge in [0.2, 0.25) is 0 Å². The van der Waals surface area contributed by atoms with Gasteiger partial charge < -0.3 is 15.0 Å². The summed E-state index contributed by atoms with van der Waals surface area (Å²) in [5.41, 5.74) is 3.74. The largest absolute Gasteiger partial charge is 0.468 e. The number of benzene rings is 2. The van der Waals surface area contributed by atoms with Crippen molar-refractivity contribution < 1.29 is 9.53 Å². The Bertz CT molecular complexity index is 907. The van der Waals surface area contributed by atoms with E-state index in [0.29, 0.717) is 18.5 Å². The van der Waals surface area contributed by atoms with Crippen molar-refractivity contribution in [3.63, 3.8) is 0 Å². The first-order valence-corrected chi connectivity index (χ1v) is 8.06. The first kappa shape index (κ1) is 16.7. The number of fused-ring (bicyclic) bond motifs is 1. The Balaban J connectivity index is 1.73. The number of rotatable bonds is 6. The Morgan fingerprint density at radius 2 is 2.00 bits per heavy atom. The van der Waals surface area contributed by atoms with Crippen LogP contribution in [0.25, 0.3) is 10.9 Å². The zero-order valence-corrected chi connectivity index (χ0v) is 14.0. The minimum Gasteiger partial charge on any atom is -0.468 e. The molecule has 126 valence electrons. The van der Waals surface area contributed by atoms with E-state index >= 15 is 0 Å². The van der Waals surface area contributed by atoms with Gasteiger partial charge in [0.1, 0.15) is 6.04 Å². The van der Waals surface area contributed by atoms with Gasteiger partial charge in [0, 0.05) is 30.1 Å². The maximum Gasteiger partial charge on any atom is 0.323 e. The Morgan fingerprint density at radius 3 is 2.72 bits per heavy atom. The minimum absolute atomic E-state index is 0.293. The number of hydrogen-bond donors (Lipinski definition) is 2. The number of hydrogen-bond acceptors (Lipinski definition) is 4. The molecule has 0 spiro atoms. The molecule has 5 nitrogen and oxygen atoms in total. The molecule has 0 aliphatic rings. The first-order chi connectivity index (χ1) is 12.2. The van der Waals surface area contributed by atoms with Gasteiger partial charge in [-0.3, -0.25) is 4.79 Å². The quantitative estimate of drug-likeness (QED) is 0.680. The maximum absolute atomic E-state index is 12.2. The molecule has 2 aromatic carbocycles. The van der Waals surface area contributed by atoms with Crippen molar-refractivity contribution in [3.8, 4) is 6.07 Å². The van der Waals surface area contributed by atoms with E-state index in [9.17, 15) is 4.79 Å². The molecule has 1 aromatic heterocycles. The van der Waals surface area contributed by atoms with Gasteiger partial charge in [-0.05, 0) is 29.3 Å². The van der Waals surface area contributed by atoms with E-state index < -0.39 is 6.04 Å². The number of aromatic nitrogens is 1. The summed E-state index contributed by atoms with van der Waals surface area (Å²) in [6.45, 7) is 0.522. The van der Waals surface area contributed by atoms with Crippen LogP contribution in [0.15, 0.2) is 54.7 Å². The second-order valence-corrected chi connectivity index (χ2v) is 5.83. The number of nitrogens with zero attached hydrogens (tertiary/aromatic N) is 1. The van der Waals surface area contributed by atoms with Gasteiger partial charge >= 0.3 is 5.97 Å². The number of carbonyl (C=O) groups is 1. The third-order valence-electron chi connectivity index (χ3n) is 4.22. The van der Waals surface area contributed by atoms with Gasteiger partial charge in [-0.2, -0.15) is 5.26 Å². The summed E-state index contributed by atoms with van der Waals surface area (Å²) in [4.78, 5) is 15.4. The number of esters is 1. The lowest BCUT2D eigenvalue weighted by Gasteiger charge is -2.16. The van der Waals surface area contributed by atoms with Crippen molar-refractivity contribution in [3.05, 3.63) is 71.4 Å². The number of methoxy groups -OCH3 is 1. The summed E-state index contributed by atoms with van der Waals surface area (Å²) in [7, 11) is 1.40. The molecule has 0 radical (unpaired) electrons. The predicted molar refractivity (Wildman–Crippen MR) is 95.8 cm³/mol. The smallest absolute Gasteiger partial charge is 0.323 e. The number of H-pyrrole nitrogens is 1. The molecular formula is C20H19N3O2. The highest BCUT2D eigenvalue weighted by Crippen LogP contribution is 2.19. The summed E-state index contributed by atoms with van der Waals surface area (Å²) < 4.78 is 4.94. The Hall–Kier alpha value is -3.10. The molecule has 0 aliphatic heterocycles. The standard InChI is InChI=1S/C20H19N3O2/c1-25-20(24)19(22-12-15-8-6-14(11-21)7-9-15)10-16-13-23-18-5-3-2-4-17(16)18/h2-9,13,19,22-23H,10,12H2,1H3/t19-/m1/s1. The third-order valence-corrected chi connectivity index (χ3v) is 4.22. The van der Waals surface area contributed by atoms with Crippen molar-refractivity contribution in [2.75, 3.05) is 7.11 Å². The zero-order chi connectivity index (χ0) is 17.6. The number of aromatic amines is 1. The van der Waals surface area contributed by atoms with Crippen LogP contribution in [0.3, 0.4) is 0 Å². The summed E-state index contributed by atoms with van der Waals surface area (Å²) in [6, 6.07) is 17.0. The van der Waals surface area contributed by atoms with E-state index in [1.54, 1.807) is 12.1 Å². The van der Waals surface area contributed by atoms with Crippen molar-refractivity contribution in [2.24, 2.45) is 0 Å². The fourth-order valence-corrected chi connectivity index (χ4v) is 2.84. The van der Waals surface area contributed by atoms with E-state index in [1.165, 1.54) is 7.11 Å². The molecule has 3 rings (SSSR count). The molecule has 1 heterocycles. The van der Waals surface area contributed by atoms with E-state index in [-0.39, 0.29) is 5.97 Å². The molecule has 5 heteroatoms. The Kier molecular flexibility index (Phi) is 5.12. The zero-order valence-electron chi connectivity index (χ0n) is 14.0. The average molecular weight is 333 g/mol. The molecule has 0 fully saturated rings. The lowest BCUT2D eigenvalue weighted by atomic mass is 10.0. The fraction of sp³-hybridized carbons (Fsp3) is 0.200. The second-order valence-electron chi connectivity index (χ2n) is 5.83. The van der Waals surface area contributed by atoms with Crippen LogP contribution >= 0.6 is 0 Å². The van der Waals surface area contributed by atoms with E-state index in [0.717, 1.165) is 22.0 Å². The van der Waals surface area contributed by atoms with Gasteiger partial charge in [0.15, 0.2) is 0 Å². The predicted octanol–water partition coefficient (Wildman–Crippen LogP) is 2.91. The SMILES string of the molecule is COC(=O)[C@@H](Cc1c[nH]c2ccccc12)NCc1ccc(C#N)cc1. The molecule has 0 unspecified atom stereocenters. The number of ether oxygens (including phenoxy) is 1. The van der Waals surface area contributed by atoms with Gasteiger partial charge in [0.25, 0.3) is 0 Å². The third kappa shape index (κ3) is 3.87. The highest BCUT2D eigenvalue weighted by atomic mass is 16.5. The van der Waals surface area contributed by atoms with E-state index in [2.05, 4.69) is 16.4 Å². The lowest BCUT2D eigenvalue weighted by molar-refractivity contribution is -0.143. The molecule has 0 saturated carbocycles. The lowest BCUT2D eigenvalue weighted by Crippen LogP contribution is -2.39. The van der Waals surface area contributed by atoms with Crippen LogP contribution in [-0.2, 0) is 22.5 Å². The van der Waals surface area contributed by atoms with Crippen molar-refractivity contribution in [1.29, 1.82) is 5.26 Å². The molecule has 1 atom stereocenters. The first-order valence-electron chi connectivity index (χ1n) is 8.06. The molecule has 0 aliphatic carbocycles. The Labute approximate surface area is 146 Å². The summed E-state index contributed by atoms with van der Waals surface area (Å²) >= 11 is 0. The number of carbonyl (C=O) groups excluding carboxylic acids is 1. The van der Waals surface area contributed by atoms with Crippen LogP contribution in [0.4, 0.5) is 0 Å². The molecule has 2 N–H and O–H groups in total. The highest BCUT2D eigenvalue weighted by Gasteiger charge is 2.20. The maximum atomic E-state index is 12.2. The van der Waals surface area contributed by atoms with Crippen LogP contribution in [0.1, 0.15) is 16.7 Å². The number of para-hydroxylation sites is 1. The molecular weight excluding hydrogens is 314 g/mol. The second kappa shape index (κ2) is 7.65. The van der Waals surface area contributed by atoms with Crippen LogP contribution in [0.2, 0.25) is 0 Å². The summed E-state index contributed by atoms with van der Waals surface area (Å²) in [5.74, 6) is -0.293. The highest BCUT2D eigenvalue weighted by molar-refractivity contribution is 5.84. The van der Waals surface area contributed by atoms with Crippen molar-refractivity contribution >= 4 is 16.9 Å². The van der Waals surface area contributed by atoms with E-state index in [1.807, 2.05) is 42.6 Å². The minimum atomic E-state index is -0.445. The Morgan fingerprint density at radius 1 is 1.24 bits per heavy atom. The van der Waals surface area contributed by atoms with Gasteiger partial charge in [-0.25, -0.2) is 0 Å². The summed E-state index contributed by atoms with van der Waals surface area (Å²) in [5, 5.41) is 13.2. The van der Waals surface area contributed by atoms with Crippen molar-refractivity contribution in [1.82, 2.24) is 10.3 Å². The van der Waals surface area contributed by atoms with Crippen LogP contribution in [0.5, 0.6) is 0 Å². The molecule has 0 amide bonds. The average Bonchev–Trinajstić information content (AvgIpc) is 3.08. The monoisotopic (exact) mass is 333 g/mol. The van der Waals surface area contributed by atoms with Gasteiger partial charge in [0.05, 0.1) is 18.7 Å². The van der Waals surface area contributed by atoms with Gasteiger partial charge in [-0.1, -0.05) is 30.3 Å². The number of nitrogens with one attached hydrogen (secondary N) is 2. The number of nitriles is 1. The normalized spacial score (nSPS) is 11.8. The molecule has 3 aromatic rings. The van der Waals surface area contributed by atoms with Crippen LogP contribution in [-0.4, -0.2) is 24.1 Å². The van der Waals surface area contributed by atoms with Gasteiger partial charge in [-0.15, -0.1) is 0 Å². The topological polar surface area (TPSA) is 77.9 Å². The summed E-state index contributed by atoms with van der Waals surface area (Å²) in [6.07, 6.45) is 2.47. The fourth-order valence-electron chi connectivity index (χ4n) is 2.84. The molecule has 0 saturated heterocycles. The molecule has 25 heavy (non-hydrogen) atoms. The van der Waals surface area contributed by atoms with E-state index in [4.69, 9.17) is 10.00 Å².